The summed E-state index contributed by atoms with van der Waals surface area (Å²) in [7, 11) is 3.31. The molecule has 6 nitrogen and oxygen atoms in total. The minimum absolute atomic E-state index is 0.106. The standard InChI is InChI=1S/C17H26F2N4O2/c1-12-14(13(2)25-20-12)9-22-7-5-16(10-22)11-23(15(24)21(3)4)8-6-17(16,18)19/h5-11H2,1-4H3/t16-/m0/s1. The number of hydrogen-bond acceptors (Lipinski definition) is 4. The van der Waals surface area contributed by atoms with Crippen LogP contribution in [0.5, 0.6) is 0 Å². The van der Waals surface area contributed by atoms with Gasteiger partial charge < -0.3 is 14.3 Å². The molecule has 0 unspecified atom stereocenters. The highest BCUT2D eigenvalue weighted by Gasteiger charge is 2.60. The number of amides is 2. The topological polar surface area (TPSA) is 52.8 Å². The van der Waals surface area contributed by atoms with Crippen LogP contribution in [0.3, 0.4) is 0 Å². The molecule has 0 radical (unpaired) electrons. The van der Waals surface area contributed by atoms with E-state index in [0.717, 1.165) is 17.0 Å². The monoisotopic (exact) mass is 356 g/mol. The minimum Gasteiger partial charge on any atom is -0.361 e. The van der Waals surface area contributed by atoms with Crippen LogP contribution in [0.1, 0.15) is 29.9 Å². The number of urea groups is 1. The largest absolute Gasteiger partial charge is 0.361 e. The Kier molecular flexibility index (Phi) is 4.51. The fraction of sp³-hybridized carbons (Fsp3) is 0.765. The van der Waals surface area contributed by atoms with Crippen LogP contribution in [0.15, 0.2) is 4.52 Å². The van der Waals surface area contributed by atoms with Crippen molar-refractivity contribution in [1.29, 1.82) is 0 Å². The number of carbonyl (C=O) groups excluding carboxylic acids is 1. The van der Waals surface area contributed by atoms with E-state index in [4.69, 9.17) is 4.52 Å². The molecule has 8 heteroatoms. The zero-order valence-corrected chi connectivity index (χ0v) is 15.3. The predicted octanol–water partition coefficient (Wildman–Crippen LogP) is 2.51. The Morgan fingerprint density at radius 3 is 2.56 bits per heavy atom. The van der Waals surface area contributed by atoms with E-state index in [2.05, 4.69) is 5.16 Å². The van der Waals surface area contributed by atoms with Crippen molar-refractivity contribution in [2.45, 2.75) is 39.2 Å². The molecule has 2 fully saturated rings. The first-order valence-corrected chi connectivity index (χ1v) is 8.63. The lowest BCUT2D eigenvalue weighted by Gasteiger charge is -2.46. The van der Waals surface area contributed by atoms with Crippen LogP contribution in [-0.2, 0) is 6.54 Å². The van der Waals surface area contributed by atoms with Crippen LogP contribution in [0, 0.1) is 19.3 Å². The van der Waals surface area contributed by atoms with E-state index in [-0.39, 0.29) is 32.1 Å². The lowest BCUT2D eigenvalue weighted by atomic mass is 9.75. The fourth-order valence-corrected chi connectivity index (χ4v) is 4.02. The highest BCUT2D eigenvalue weighted by Crippen LogP contribution is 2.49. The Balaban J connectivity index is 1.76. The van der Waals surface area contributed by atoms with Crippen LogP contribution in [0.25, 0.3) is 0 Å². The Morgan fingerprint density at radius 1 is 1.24 bits per heavy atom. The average molecular weight is 356 g/mol. The van der Waals surface area contributed by atoms with Crippen molar-refractivity contribution in [3.63, 3.8) is 0 Å². The number of aromatic nitrogens is 1. The summed E-state index contributed by atoms with van der Waals surface area (Å²) in [6.07, 6.45) is 0.117. The fourth-order valence-electron chi connectivity index (χ4n) is 4.02. The van der Waals surface area contributed by atoms with Crippen molar-refractivity contribution in [2.75, 3.05) is 40.3 Å². The molecule has 0 saturated carbocycles. The van der Waals surface area contributed by atoms with Gasteiger partial charge in [0.15, 0.2) is 0 Å². The van der Waals surface area contributed by atoms with E-state index in [1.807, 2.05) is 18.7 Å². The van der Waals surface area contributed by atoms with Gasteiger partial charge in [0.05, 0.1) is 11.1 Å². The van der Waals surface area contributed by atoms with Crippen molar-refractivity contribution in [3.05, 3.63) is 17.0 Å². The predicted molar refractivity (Wildman–Crippen MR) is 88.5 cm³/mol. The second kappa shape index (κ2) is 6.23. The van der Waals surface area contributed by atoms with E-state index in [1.165, 1.54) is 4.90 Å². The number of likely N-dealkylation sites (tertiary alicyclic amines) is 2. The Bertz CT molecular complexity index is 642. The minimum atomic E-state index is -2.76. The van der Waals surface area contributed by atoms with Gasteiger partial charge in [-0.1, -0.05) is 5.16 Å². The zero-order valence-electron chi connectivity index (χ0n) is 15.3. The van der Waals surface area contributed by atoms with Crippen molar-refractivity contribution in [2.24, 2.45) is 5.41 Å². The van der Waals surface area contributed by atoms with Gasteiger partial charge in [-0.15, -0.1) is 0 Å². The number of alkyl halides is 2. The lowest BCUT2D eigenvalue weighted by Crippen LogP contribution is -2.59. The van der Waals surface area contributed by atoms with Crippen LogP contribution < -0.4 is 0 Å². The molecule has 2 aliphatic rings. The molecule has 2 amide bonds. The van der Waals surface area contributed by atoms with Gasteiger partial charge in [-0.05, 0) is 26.8 Å². The van der Waals surface area contributed by atoms with Crippen LogP contribution in [0.4, 0.5) is 13.6 Å². The van der Waals surface area contributed by atoms with Crippen molar-refractivity contribution >= 4 is 6.03 Å². The lowest BCUT2D eigenvalue weighted by molar-refractivity contribution is -0.155. The molecule has 1 aromatic heterocycles. The molecule has 1 spiro atoms. The summed E-state index contributed by atoms with van der Waals surface area (Å²) in [6, 6.07) is -0.195. The van der Waals surface area contributed by atoms with Crippen molar-refractivity contribution in [3.8, 4) is 0 Å². The molecular formula is C17H26F2N4O2. The molecule has 25 heavy (non-hydrogen) atoms. The molecule has 2 saturated heterocycles. The maximum Gasteiger partial charge on any atom is 0.319 e. The Morgan fingerprint density at radius 2 is 1.96 bits per heavy atom. The van der Waals surface area contributed by atoms with Gasteiger partial charge in [0.1, 0.15) is 5.76 Å². The SMILES string of the molecule is Cc1noc(C)c1CN1CC[C@]2(C1)CN(C(=O)N(C)C)CCC2(F)F. The van der Waals surface area contributed by atoms with Gasteiger partial charge in [0.2, 0.25) is 0 Å². The third-order valence-electron chi connectivity index (χ3n) is 5.61. The number of nitrogens with zero attached hydrogens (tertiary/aromatic N) is 4. The summed E-state index contributed by atoms with van der Waals surface area (Å²) in [4.78, 5) is 17.3. The third kappa shape index (κ3) is 3.12. The van der Waals surface area contributed by atoms with Gasteiger partial charge in [-0.25, -0.2) is 13.6 Å². The van der Waals surface area contributed by atoms with Crippen LogP contribution in [-0.4, -0.2) is 72.1 Å². The smallest absolute Gasteiger partial charge is 0.319 e. The van der Waals surface area contributed by atoms with Crippen LogP contribution in [0.2, 0.25) is 0 Å². The van der Waals surface area contributed by atoms with Gasteiger partial charge in [-0.3, -0.25) is 4.90 Å². The quantitative estimate of drug-likeness (QED) is 0.817. The average Bonchev–Trinajstić information content (AvgIpc) is 3.09. The molecule has 0 N–H and O–H groups in total. The van der Waals surface area contributed by atoms with Gasteiger partial charge in [0, 0.05) is 52.3 Å². The number of rotatable bonds is 2. The third-order valence-corrected chi connectivity index (χ3v) is 5.61. The number of carbonyl (C=O) groups is 1. The first-order valence-electron chi connectivity index (χ1n) is 8.63. The van der Waals surface area contributed by atoms with Crippen LogP contribution >= 0.6 is 0 Å². The molecule has 2 aliphatic heterocycles. The number of piperidine rings is 1. The first kappa shape index (κ1) is 18.1. The maximum atomic E-state index is 14.8. The number of halogens is 2. The second-order valence-electron chi connectivity index (χ2n) is 7.60. The summed E-state index contributed by atoms with van der Waals surface area (Å²) in [5.74, 6) is -2.03. The summed E-state index contributed by atoms with van der Waals surface area (Å²) in [5, 5.41) is 3.94. The molecule has 1 atom stereocenters. The molecule has 1 aromatic rings. The summed E-state index contributed by atoms with van der Waals surface area (Å²) >= 11 is 0. The molecular weight excluding hydrogens is 330 g/mol. The molecule has 3 rings (SSSR count). The maximum absolute atomic E-state index is 14.8. The summed E-state index contributed by atoms with van der Waals surface area (Å²) < 4.78 is 34.8. The van der Waals surface area contributed by atoms with E-state index in [9.17, 15) is 13.6 Å². The highest BCUT2D eigenvalue weighted by molar-refractivity contribution is 5.74. The molecule has 3 heterocycles. The highest BCUT2D eigenvalue weighted by atomic mass is 19.3. The van der Waals surface area contributed by atoms with E-state index in [0.29, 0.717) is 19.5 Å². The van der Waals surface area contributed by atoms with Crippen molar-refractivity contribution < 1.29 is 18.1 Å². The number of hydrogen-bond donors (Lipinski definition) is 0. The molecule has 0 bridgehead atoms. The summed E-state index contributed by atoms with van der Waals surface area (Å²) in [5.41, 5.74) is 0.603. The molecule has 0 aliphatic carbocycles. The zero-order chi connectivity index (χ0) is 18.4. The van der Waals surface area contributed by atoms with E-state index < -0.39 is 11.3 Å². The van der Waals surface area contributed by atoms with Gasteiger partial charge in [0.25, 0.3) is 5.92 Å². The second-order valence-corrected chi connectivity index (χ2v) is 7.60. The van der Waals surface area contributed by atoms with E-state index in [1.54, 1.807) is 19.0 Å². The Labute approximate surface area is 146 Å². The summed E-state index contributed by atoms with van der Waals surface area (Å²) in [6.45, 7) is 5.34. The molecule has 140 valence electrons. The molecule has 0 aromatic carbocycles. The van der Waals surface area contributed by atoms with Crippen molar-refractivity contribution in [1.82, 2.24) is 19.9 Å². The van der Waals surface area contributed by atoms with E-state index >= 15 is 0 Å². The Hall–Kier alpha value is -1.70. The van der Waals surface area contributed by atoms with Gasteiger partial charge >= 0.3 is 6.03 Å². The first-order chi connectivity index (χ1) is 11.7. The normalized spacial score (nSPS) is 26.4. The van der Waals surface area contributed by atoms with Gasteiger partial charge in [-0.2, -0.15) is 0 Å². The number of aryl methyl sites for hydroxylation is 2.